The van der Waals surface area contributed by atoms with E-state index >= 15 is 4.39 Å². The fourth-order valence-electron chi connectivity index (χ4n) is 5.79. The number of hydrogen-bond donors (Lipinski definition) is 1. The molecular formula is C31H32FN5O2. The van der Waals surface area contributed by atoms with E-state index in [1.165, 1.54) is 6.08 Å². The Bertz CT molecular complexity index is 1480. The summed E-state index contributed by atoms with van der Waals surface area (Å²) < 4.78 is 15.4. The molecule has 8 heteroatoms. The molecule has 7 nitrogen and oxygen atoms in total. The monoisotopic (exact) mass is 525 g/mol. The number of hydrogen-bond acceptors (Lipinski definition) is 6. The van der Waals surface area contributed by atoms with Crippen molar-refractivity contribution < 1.29 is 14.0 Å². The lowest BCUT2D eigenvalue weighted by molar-refractivity contribution is -0.121. The second kappa shape index (κ2) is 11.2. The van der Waals surface area contributed by atoms with Crippen molar-refractivity contribution in [2.75, 3.05) is 0 Å². The van der Waals surface area contributed by atoms with Crippen LogP contribution in [0.5, 0.6) is 0 Å². The molecule has 0 saturated heterocycles. The van der Waals surface area contributed by atoms with E-state index in [4.69, 9.17) is 15.7 Å². The summed E-state index contributed by atoms with van der Waals surface area (Å²) in [6, 6.07) is 5.65. The molecule has 0 spiro atoms. The van der Waals surface area contributed by atoms with Gasteiger partial charge in [-0.25, -0.2) is 14.4 Å². The number of halogens is 1. The van der Waals surface area contributed by atoms with Crippen molar-refractivity contribution in [2.45, 2.75) is 58.3 Å². The number of carbonyl (C=O) groups is 2. The second-order valence-corrected chi connectivity index (χ2v) is 10.3. The van der Waals surface area contributed by atoms with E-state index in [-0.39, 0.29) is 29.6 Å². The number of fused-ring (bicyclic) bond motifs is 3. The maximum Gasteiger partial charge on any atom is 0.217 e. The van der Waals surface area contributed by atoms with Crippen molar-refractivity contribution in [1.82, 2.24) is 15.0 Å². The van der Waals surface area contributed by atoms with Gasteiger partial charge in [0.15, 0.2) is 11.6 Å². The highest BCUT2D eigenvalue weighted by Crippen LogP contribution is 2.50. The fraction of sp³-hybridized carbons (Fsp3) is 0.355. The van der Waals surface area contributed by atoms with Crippen molar-refractivity contribution in [1.29, 1.82) is 5.26 Å². The topological polar surface area (TPSA) is 123 Å². The summed E-state index contributed by atoms with van der Waals surface area (Å²) in [6.07, 6.45) is 10.4. The molecule has 0 radical (unpaired) electrons. The number of carbonyl (C=O) groups excluding carboxylic acids is 2. The molecule has 0 saturated carbocycles. The van der Waals surface area contributed by atoms with Crippen LogP contribution in [0.3, 0.4) is 0 Å². The van der Waals surface area contributed by atoms with E-state index in [9.17, 15) is 14.9 Å². The maximum absolute atomic E-state index is 15.4. The lowest BCUT2D eigenvalue weighted by Crippen LogP contribution is -2.46. The van der Waals surface area contributed by atoms with Crippen LogP contribution < -0.4 is 5.73 Å². The van der Waals surface area contributed by atoms with Crippen LogP contribution in [0.2, 0.25) is 0 Å². The molecule has 0 fully saturated rings. The molecule has 0 aromatic carbocycles. The Morgan fingerprint density at radius 3 is 2.82 bits per heavy atom. The highest BCUT2D eigenvalue weighted by atomic mass is 19.1. The first kappa shape index (κ1) is 27.8. The molecule has 0 aliphatic heterocycles. The van der Waals surface area contributed by atoms with E-state index in [1.807, 2.05) is 13.8 Å². The third-order valence-corrected chi connectivity index (χ3v) is 7.80. The Balaban J connectivity index is 2.01. The van der Waals surface area contributed by atoms with Gasteiger partial charge in [0.25, 0.3) is 0 Å². The first-order valence-corrected chi connectivity index (χ1v) is 13.1. The summed E-state index contributed by atoms with van der Waals surface area (Å²) in [4.78, 5) is 38.5. The normalized spacial score (nSPS) is 22.8. The zero-order valence-electron chi connectivity index (χ0n) is 22.5. The Morgan fingerprint density at radius 1 is 1.38 bits per heavy atom. The quantitative estimate of drug-likeness (QED) is 0.370. The maximum atomic E-state index is 15.4. The van der Waals surface area contributed by atoms with Gasteiger partial charge in [0, 0.05) is 46.3 Å². The number of nitrogens with two attached hydrogens (primary N) is 1. The lowest BCUT2D eigenvalue weighted by Gasteiger charge is -2.45. The van der Waals surface area contributed by atoms with Gasteiger partial charge in [-0.2, -0.15) is 5.26 Å². The minimum Gasteiger partial charge on any atom is -0.370 e. The lowest BCUT2D eigenvalue weighted by atomic mass is 9.57. The highest BCUT2D eigenvalue weighted by Gasteiger charge is 2.49. The van der Waals surface area contributed by atoms with Crippen LogP contribution in [0, 0.1) is 23.2 Å². The Hall–Kier alpha value is -4.25. The Kier molecular flexibility index (Phi) is 8.01. The summed E-state index contributed by atoms with van der Waals surface area (Å²) in [5, 5.41) is 9.74. The number of primary amides is 1. The molecule has 0 unspecified atom stereocenters. The molecular weight excluding hydrogens is 493 g/mol. The summed E-state index contributed by atoms with van der Waals surface area (Å²) >= 11 is 0. The van der Waals surface area contributed by atoms with Crippen molar-refractivity contribution >= 4 is 17.3 Å². The number of rotatable bonds is 8. The van der Waals surface area contributed by atoms with Crippen LogP contribution in [-0.2, 0) is 27.8 Å². The number of Topliss-reactive ketones (excluding diaryl/α,β-unsaturated/α-hetero) is 1. The molecule has 2 N–H and O–H groups in total. The van der Waals surface area contributed by atoms with Crippen LogP contribution in [0.1, 0.15) is 62.7 Å². The molecule has 4 rings (SSSR count). The summed E-state index contributed by atoms with van der Waals surface area (Å²) in [5.74, 6) is -1.03. The smallest absolute Gasteiger partial charge is 0.217 e. The number of nitrogens with zero attached hydrogens (tertiary/aromatic N) is 4. The largest absolute Gasteiger partial charge is 0.370 e. The van der Waals surface area contributed by atoms with E-state index in [0.717, 1.165) is 5.56 Å². The first-order valence-electron chi connectivity index (χ1n) is 13.1. The number of allylic oxidation sites excluding steroid dienone is 7. The van der Waals surface area contributed by atoms with Crippen LogP contribution in [0.15, 0.2) is 60.6 Å². The average Bonchev–Trinajstić information content (AvgIpc) is 2.94. The van der Waals surface area contributed by atoms with E-state index < -0.39 is 17.1 Å². The first-order chi connectivity index (χ1) is 18.6. The molecule has 2 aliphatic rings. The third-order valence-electron chi connectivity index (χ3n) is 7.80. The molecule has 2 aromatic heterocycles. The third kappa shape index (κ3) is 5.22. The number of amides is 1. The molecule has 39 heavy (non-hydrogen) atoms. The summed E-state index contributed by atoms with van der Waals surface area (Å²) in [5.41, 5.74) is 8.37. The van der Waals surface area contributed by atoms with Gasteiger partial charge in [-0.1, -0.05) is 38.2 Å². The number of aryl methyl sites for hydroxylation is 1. The van der Waals surface area contributed by atoms with Gasteiger partial charge in [0.05, 0.1) is 17.0 Å². The van der Waals surface area contributed by atoms with Crippen molar-refractivity contribution in [3.8, 4) is 17.5 Å². The minimum atomic E-state index is -0.726. The Morgan fingerprint density at radius 2 is 2.15 bits per heavy atom. The van der Waals surface area contributed by atoms with Crippen molar-refractivity contribution in [3.63, 3.8) is 0 Å². The number of pyridine rings is 1. The molecule has 0 bridgehead atoms. The second-order valence-electron chi connectivity index (χ2n) is 10.3. The van der Waals surface area contributed by atoms with Gasteiger partial charge in [0.1, 0.15) is 11.9 Å². The van der Waals surface area contributed by atoms with Gasteiger partial charge in [0.2, 0.25) is 5.91 Å². The van der Waals surface area contributed by atoms with Gasteiger partial charge >= 0.3 is 0 Å². The summed E-state index contributed by atoms with van der Waals surface area (Å²) in [6.45, 7) is 9.27. The zero-order valence-corrected chi connectivity index (χ0v) is 22.5. The SMILES string of the molecule is C=CC/C=C(\C(F)=C/C)c1nc(-c2ccnc(CCC(N)=O)c2)nc2c1CC[C@@H]1[C@@H](C)C(=O)C(C#N)=C[C@@]21C. The molecule has 1 amide bonds. The molecule has 2 heterocycles. The standard InChI is InChI=1S/C31H32FN5O2/c1-5-7-8-22(25(32)6-2)27-23-10-11-24-18(3)28(39)20(17-33)16-31(24,4)29(23)37-30(36-27)19-13-14-35-21(15-19)9-12-26(34)38/h5-6,8,13-16,18,24H,1,7,9-12H2,2-4H3,(H2,34,38)/b22-8+,25-6+/t18-,24-,31-/m1/s1. The zero-order chi connectivity index (χ0) is 28.3. The number of nitriles is 1. The van der Waals surface area contributed by atoms with E-state index in [0.29, 0.717) is 59.7 Å². The number of aromatic nitrogens is 3. The fourth-order valence-corrected chi connectivity index (χ4v) is 5.79. The van der Waals surface area contributed by atoms with Crippen LogP contribution >= 0.6 is 0 Å². The number of ketones is 1. The van der Waals surface area contributed by atoms with Crippen molar-refractivity contribution in [3.05, 3.63) is 83.3 Å². The van der Waals surface area contributed by atoms with E-state index in [1.54, 1.807) is 43.5 Å². The van der Waals surface area contributed by atoms with Crippen LogP contribution in [0.25, 0.3) is 17.0 Å². The van der Waals surface area contributed by atoms with Gasteiger partial charge < -0.3 is 5.73 Å². The van der Waals surface area contributed by atoms with E-state index in [2.05, 4.69) is 17.6 Å². The predicted octanol–water partition coefficient (Wildman–Crippen LogP) is 5.28. The highest BCUT2D eigenvalue weighted by molar-refractivity contribution is 6.02. The average molecular weight is 526 g/mol. The van der Waals surface area contributed by atoms with Crippen molar-refractivity contribution in [2.24, 2.45) is 17.6 Å². The van der Waals surface area contributed by atoms with Gasteiger partial charge in [-0.15, -0.1) is 6.58 Å². The van der Waals surface area contributed by atoms with Crippen LogP contribution in [0.4, 0.5) is 4.39 Å². The molecule has 200 valence electrons. The Labute approximate surface area is 228 Å². The van der Waals surface area contributed by atoms with Gasteiger partial charge in [-0.3, -0.25) is 14.6 Å². The van der Waals surface area contributed by atoms with Crippen LogP contribution in [-0.4, -0.2) is 26.6 Å². The summed E-state index contributed by atoms with van der Waals surface area (Å²) in [7, 11) is 0. The molecule has 3 atom stereocenters. The van der Waals surface area contributed by atoms with Gasteiger partial charge in [-0.05, 0) is 50.7 Å². The minimum absolute atomic E-state index is 0.0686. The molecule has 2 aromatic rings. The molecule has 2 aliphatic carbocycles. The predicted molar refractivity (Wildman–Crippen MR) is 147 cm³/mol.